The number of aromatic nitrogens is 3. The minimum absolute atomic E-state index is 0.00869. The number of carbonyl (C=O) groups excluding carboxylic acids is 1. The SMILES string of the molecule is Cn1ccnc1CN1C[C@@H](F)C[C@H]1CNC(=O)c1ccc[nH]1. The first-order valence-electron chi connectivity index (χ1n) is 7.39. The second kappa shape index (κ2) is 6.31. The van der Waals surface area contributed by atoms with Crippen LogP contribution in [-0.4, -0.2) is 50.6 Å². The Bertz CT molecular complexity index is 624. The van der Waals surface area contributed by atoms with Crippen molar-refractivity contribution in [3.05, 3.63) is 42.2 Å². The number of rotatable bonds is 5. The second-order valence-electron chi connectivity index (χ2n) is 5.66. The van der Waals surface area contributed by atoms with Crippen LogP contribution in [0, 0.1) is 0 Å². The number of alkyl halides is 1. The molecule has 2 aromatic rings. The fourth-order valence-electron chi connectivity index (χ4n) is 2.84. The number of likely N-dealkylation sites (tertiary alicyclic amines) is 1. The zero-order chi connectivity index (χ0) is 15.5. The molecule has 2 N–H and O–H groups in total. The lowest BCUT2D eigenvalue weighted by atomic mass is 10.2. The van der Waals surface area contributed by atoms with Crippen LogP contribution in [0.1, 0.15) is 22.7 Å². The summed E-state index contributed by atoms with van der Waals surface area (Å²) in [6.45, 7) is 1.41. The van der Waals surface area contributed by atoms with Crippen LogP contribution in [-0.2, 0) is 13.6 Å². The summed E-state index contributed by atoms with van der Waals surface area (Å²) in [7, 11) is 1.92. The van der Waals surface area contributed by atoms with Gasteiger partial charge in [-0.25, -0.2) is 9.37 Å². The topological polar surface area (TPSA) is 66.0 Å². The molecule has 0 spiro atoms. The molecule has 118 valence electrons. The van der Waals surface area contributed by atoms with E-state index in [0.717, 1.165) is 5.82 Å². The van der Waals surface area contributed by atoms with Crippen LogP contribution in [0.15, 0.2) is 30.7 Å². The Labute approximate surface area is 128 Å². The smallest absolute Gasteiger partial charge is 0.267 e. The van der Waals surface area contributed by atoms with E-state index >= 15 is 0 Å². The highest BCUT2D eigenvalue weighted by Crippen LogP contribution is 2.21. The molecule has 6 nitrogen and oxygen atoms in total. The standard InChI is InChI=1S/C15H20FN5O/c1-20-6-5-18-14(20)10-21-9-11(16)7-12(21)8-19-15(22)13-3-2-4-17-13/h2-6,11-12,17H,7-10H2,1H3,(H,19,22)/t11-,12-/m0/s1. The molecule has 1 saturated heterocycles. The molecule has 0 aliphatic carbocycles. The summed E-state index contributed by atoms with van der Waals surface area (Å²) in [5.41, 5.74) is 0.519. The van der Waals surface area contributed by atoms with Gasteiger partial charge in [0.1, 0.15) is 17.7 Å². The van der Waals surface area contributed by atoms with Gasteiger partial charge in [0.2, 0.25) is 0 Å². The fraction of sp³-hybridized carbons (Fsp3) is 0.467. The lowest BCUT2D eigenvalue weighted by Gasteiger charge is -2.23. The van der Waals surface area contributed by atoms with Gasteiger partial charge >= 0.3 is 0 Å². The molecular formula is C15H20FN5O. The molecule has 2 aromatic heterocycles. The van der Waals surface area contributed by atoms with Gasteiger partial charge in [0.15, 0.2) is 0 Å². The van der Waals surface area contributed by atoms with Gasteiger partial charge < -0.3 is 14.9 Å². The first kappa shape index (κ1) is 14.8. The van der Waals surface area contributed by atoms with Crippen molar-refractivity contribution in [3.8, 4) is 0 Å². The van der Waals surface area contributed by atoms with Gasteiger partial charge in [-0.05, 0) is 18.6 Å². The van der Waals surface area contributed by atoms with Crippen LogP contribution in [0.4, 0.5) is 4.39 Å². The monoisotopic (exact) mass is 305 g/mol. The van der Waals surface area contributed by atoms with Crippen LogP contribution in [0.25, 0.3) is 0 Å². The van der Waals surface area contributed by atoms with Gasteiger partial charge in [-0.2, -0.15) is 0 Å². The van der Waals surface area contributed by atoms with E-state index in [0.29, 0.717) is 31.7 Å². The van der Waals surface area contributed by atoms with Crippen molar-refractivity contribution in [3.63, 3.8) is 0 Å². The number of aromatic amines is 1. The average molecular weight is 305 g/mol. The molecule has 1 aliphatic rings. The van der Waals surface area contributed by atoms with E-state index in [-0.39, 0.29) is 11.9 Å². The summed E-state index contributed by atoms with van der Waals surface area (Å²) in [5.74, 6) is 0.735. The van der Waals surface area contributed by atoms with E-state index in [1.165, 1.54) is 0 Å². The van der Waals surface area contributed by atoms with Crippen LogP contribution < -0.4 is 5.32 Å². The third-order valence-electron chi connectivity index (χ3n) is 4.08. The molecule has 0 aromatic carbocycles. The Balaban J connectivity index is 1.59. The van der Waals surface area contributed by atoms with Gasteiger partial charge in [-0.1, -0.05) is 0 Å². The number of carbonyl (C=O) groups is 1. The van der Waals surface area contributed by atoms with Gasteiger partial charge in [0.25, 0.3) is 5.91 Å². The molecule has 3 rings (SSSR count). The number of halogens is 1. The largest absolute Gasteiger partial charge is 0.357 e. The van der Waals surface area contributed by atoms with Crippen molar-refractivity contribution >= 4 is 5.91 Å². The van der Waals surface area contributed by atoms with E-state index in [1.54, 1.807) is 24.5 Å². The first-order chi connectivity index (χ1) is 10.6. The Hall–Kier alpha value is -2.15. The van der Waals surface area contributed by atoms with Gasteiger partial charge in [-0.3, -0.25) is 9.69 Å². The summed E-state index contributed by atoms with van der Waals surface area (Å²) in [6, 6.07) is 3.48. The minimum atomic E-state index is -0.854. The Kier molecular flexibility index (Phi) is 4.24. The third-order valence-corrected chi connectivity index (χ3v) is 4.08. The molecule has 0 saturated carbocycles. The van der Waals surface area contributed by atoms with Crippen LogP contribution in [0.5, 0.6) is 0 Å². The molecule has 22 heavy (non-hydrogen) atoms. The molecule has 7 heteroatoms. The molecule has 2 atom stereocenters. The van der Waals surface area contributed by atoms with Crippen molar-refractivity contribution in [1.29, 1.82) is 0 Å². The van der Waals surface area contributed by atoms with E-state index in [9.17, 15) is 9.18 Å². The normalized spacial score (nSPS) is 22.1. The molecule has 1 aliphatic heterocycles. The highest BCUT2D eigenvalue weighted by atomic mass is 19.1. The molecule has 0 unspecified atom stereocenters. The predicted molar refractivity (Wildman–Crippen MR) is 80.0 cm³/mol. The predicted octanol–water partition coefficient (Wildman–Crippen LogP) is 1.09. The van der Waals surface area contributed by atoms with Gasteiger partial charge in [0, 0.05) is 44.8 Å². The van der Waals surface area contributed by atoms with Crippen LogP contribution in [0.3, 0.4) is 0 Å². The highest BCUT2D eigenvalue weighted by molar-refractivity contribution is 5.92. The van der Waals surface area contributed by atoms with E-state index in [4.69, 9.17) is 0 Å². The highest BCUT2D eigenvalue weighted by Gasteiger charge is 2.32. The fourth-order valence-corrected chi connectivity index (χ4v) is 2.84. The summed E-state index contributed by atoms with van der Waals surface area (Å²) >= 11 is 0. The molecule has 1 amide bonds. The number of hydrogen-bond donors (Lipinski definition) is 2. The maximum absolute atomic E-state index is 13.8. The molecule has 1 fully saturated rings. The van der Waals surface area contributed by atoms with Crippen molar-refractivity contribution in [2.45, 2.75) is 25.2 Å². The van der Waals surface area contributed by atoms with Crippen LogP contribution in [0.2, 0.25) is 0 Å². The molecule has 0 bridgehead atoms. The minimum Gasteiger partial charge on any atom is -0.357 e. The van der Waals surface area contributed by atoms with Gasteiger partial charge in [0.05, 0.1) is 6.54 Å². The number of aryl methyl sites for hydroxylation is 1. The van der Waals surface area contributed by atoms with E-state index in [2.05, 4.69) is 15.3 Å². The van der Waals surface area contributed by atoms with Crippen molar-refractivity contribution in [2.24, 2.45) is 7.05 Å². The number of imidazole rings is 1. The summed E-state index contributed by atoms with van der Waals surface area (Å²) in [4.78, 5) is 21.1. The lowest BCUT2D eigenvalue weighted by Crippen LogP contribution is -2.40. The van der Waals surface area contributed by atoms with Crippen molar-refractivity contribution in [1.82, 2.24) is 24.8 Å². The number of amides is 1. The quantitative estimate of drug-likeness (QED) is 0.869. The first-order valence-corrected chi connectivity index (χ1v) is 7.39. The third kappa shape index (κ3) is 3.19. The summed E-state index contributed by atoms with van der Waals surface area (Å²) in [6.07, 6.45) is 4.90. The maximum Gasteiger partial charge on any atom is 0.267 e. The zero-order valence-electron chi connectivity index (χ0n) is 12.5. The Morgan fingerprint density at radius 2 is 2.45 bits per heavy atom. The van der Waals surface area contributed by atoms with E-state index < -0.39 is 6.17 Å². The van der Waals surface area contributed by atoms with Crippen molar-refractivity contribution in [2.75, 3.05) is 13.1 Å². The van der Waals surface area contributed by atoms with Crippen LogP contribution >= 0.6 is 0 Å². The number of nitrogens with one attached hydrogen (secondary N) is 2. The Morgan fingerprint density at radius 3 is 3.14 bits per heavy atom. The second-order valence-corrected chi connectivity index (χ2v) is 5.66. The van der Waals surface area contributed by atoms with E-state index in [1.807, 2.05) is 22.7 Å². The molecule has 3 heterocycles. The maximum atomic E-state index is 13.8. The number of H-pyrrole nitrogens is 1. The Morgan fingerprint density at radius 1 is 1.59 bits per heavy atom. The number of hydrogen-bond acceptors (Lipinski definition) is 3. The van der Waals surface area contributed by atoms with Crippen molar-refractivity contribution < 1.29 is 9.18 Å². The lowest BCUT2D eigenvalue weighted by molar-refractivity contribution is 0.0935. The van der Waals surface area contributed by atoms with Gasteiger partial charge in [-0.15, -0.1) is 0 Å². The zero-order valence-corrected chi connectivity index (χ0v) is 12.5. The summed E-state index contributed by atoms with van der Waals surface area (Å²) in [5, 5.41) is 2.87. The molecule has 0 radical (unpaired) electrons. The summed E-state index contributed by atoms with van der Waals surface area (Å²) < 4.78 is 15.7. The average Bonchev–Trinajstić information content (AvgIpc) is 3.20. The molecular weight excluding hydrogens is 285 g/mol. The number of nitrogens with zero attached hydrogens (tertiary/aromatic N) is 3.